The van der Waals surface area contributed by atoms with E-state index >= 15 is 0 Å². The minimum atomic E-state index is -0.371. The Morgan fingerprint density at radius 2 is 1.60 bits per heavy atom. The normalized spacial score (nSPS) is 14.7. The zero-order valence-electron chi connectivity index (χ0n) is 33.3. The number of carbonyl (C=O) groups excluding carboxylic acids is 3. The van der Waals surface area contributed by atoms with Crippen molar-refractivity contribution in [1.82, 2.24) is 29.6 Å². The molecule has 0 bridgehead atoms. The van der Waals surface area contributed by atoms with E-state index in [-0.39, 0.29) is 54.8 Å². The van der Waals surface area contributed by atoms with Gasteiger partial charge in [-0.2, -0.15) is 0 Å². The van der Waals surface area contributed by atoms with Crippen LogP contribution in [0.3, 0.4) is 0 Å². The molecule has 0 unspecified atom stereocenters. The first-order valence-electron chi connectivity index (χ1n) is 18.7. The first-order chi connectivity index (χ1) is 26.1. The van der Waals surface area contributed by atoms with Gasteiger partial charge in [-0.25, -0.2) is 9.78 Å². The summed E-state index contributed by atoms with van der Waals surface area (Å²) >= 11 is 0. The van der Waals surface area contributed by atoms with E-state index in [4.69, 9.17) is 14.5 Å². The zero-order valence-corrected chi connectivity index (χ0v) is 35.8. The van der Waals surface area contributed by atoms with Gasteiger partial charge in [-0.3, -0.25) is 14.5 Å². The molecule has 0 spiro atoms. The molecule has 57 heavy (non-hydrogen) atoms. The molecule has 0 saturated carbocycles. The van der Waals surface area contributed by atoms with E-state index in [0.717, 1.165) is 87.8 Å². The first-order valence-corrected chi connectivity index (χ1v) is 18.7. The Labute approximate surface area is 354 Å². The quantitative estimate of drug-likeness (QED) is 0.117. The number of nitrogens with zero attached hydrogens (tertiary/aromatic N) is 6. The van der Waals surface area contributed by atoms with Crippen LogP contribution in [0.15, 0.2) is 60.3 Å². The first kappa shape index (κ1) is 47.0. The lowest BCUT2D eigenvalue weighted by molar-refractivity contribution is 0.0987. The van der Waals surface area contributed by atoms with E-state index in [1.807, 2.05) is 43.3 Å². The number of unbranched alkanes of at least 4 members (excludes halogenated alkanes) is 1. The molecule has 2 saturated heterocycles. The van der Waals surface area contributed by atoms with Crippen molar-refractivity contribution in [2.24, 2.45) is 0 Å². The number of ether oxygens (including phenoxy) is 2. The van der Waals surface area contributed by atoms with Crippen LogP contribution in [-0.2, 0) is 11.3 Å². The highest BCUT2D eigenvalue weighted by Crippen LogP contribution is 2.32. The average molecular weight is 846 g/mol. The molecule has 3 heterocycles. The van der Waals surface area contributed by atoms with Crippen molar-refractivity contribution in [2.45, 2.75) is 32.7 Å². The van der Waals surface area contributed by atoms with Crippen LogP contribution in [0.25, 0.3) is 11.0 Å². The lowest BCUT2D eigenvalue weighted by atomic mass is 10.1. The minimum absolute atomic E-state index is 0. The SMILES string of the molecule is COc1cc(C(=O)N(C)c2ccc(C)cc2OCCCCC(=C=O)N2CCN(C)CC2)ccc1C(=O)Nc1cccc2[nH]c(CN3CCN(C)CC3)nc12.Cl.Cl.Cl. The summed E-state index contributed by atoms with van der Waals surface area (Å²) in [5.74, 6) is 3.22. The molecule has 3 aromatic carbocycles. The summed E-state index contributed by atoms with van der Waals surface area (Å²) in [4.78, 5) is 58.0. The van der Waals surface area contributed by atoms with Gasteiger partial charge in [0, 0.05) is 65.0 Å². The molecular weight excluding hydrogens is 791 g/mol. The Bertz CT molecular complexity index is 2010. The van der Waals surface area contributed by atoms with Crippen molar-refractivity contribution >= 4 is 77.4 Å². The number of likely N-dealkylation sites (N-methyl/N-ethyl adjacent to an activating group) is 2. The fourth-order valence-corrected chi connectivity index (χ4v) is 6.92. The maximum absolute atomic E-state index is 13.8. The maximum atomic E-state index is 13.8. The van der Waals surface area contributed by atoms with E-state index in [1.165, 1.54) is 7.11 Å². The zero-order chi connectivity index (χ0) is 38.2. The van der Waals surface area contributed by atoms with Crippen LogP contribution >= 0.6 is 37.2 Å². The number of piperazine rings is 2. The lowest BCUT2D eigenvalue weighted by Crippen LogP contribution is -2.44. The molecule has 0 radical (unpaired) electrons. The molecule has 6 rings (SSSR count). The molecule has 16 heteroatoms. The molecule has 2 fully saturated rings. The molecule has 310 valence electrons. The number of nitrogens with one attached hydrogen (secondary N) is 2. The number of hydrogen-bond acceptors (Lipinski definition) is 10. The van der Waals surface area contributed by atoms with Crippen molar-refractivity contribution in [3.63, 3.8) is 0 Å². The number of halogens is 3. The standard InChI is InChI=1S/C41H52N8O5.3ClH/c1-29-12-15-35(37(25-29)54-24-7-6-9-31(28-50)49-22-18-46(3)19-23-49)47(4)41(52)30-13-14-32(36(26-30)53-5)40(51)43-34-11-8-10-33-39(34)44-38(42-33)27-48-20-16-45(2)17-21-48;;;/h8,10-15,25-26H,6-7,9,16-24,27H2,1-5H3,(H,42,44)(H,43,51);3*1H. The Hall–Kier alpha value is -4.33. The van der Waals surface area contributed by atoms with Gasteiger partial charge in [0.25, 0.3) is 11.8 Å². The number of fused-ring (bicyclic) bond motifs is 1. The molecular formula is C41H55Cl3N8O5. The van der Waals surface area contributed by atoms with Crippen molar-refractivity contribution in [3.8, 4) is 11.5 Å². The predicted octanol–water partition coefficient (Wildman–Crippen LogP) is 5.93. The van der Waals surface area contributed by atoms with Crippen LogP contribution < -0.4 is 19.7 Å². The molecule has 4 aromatic rings. The van der Waals surface area contributed by atoms with Crippen LogP contribution in [0.1, 0.15) is 51.4 Å². The molecule has 13 nitrogen and oxygen atoms in total. The highest BCUT2D eigenvalue weighted by Gasteiger charge is 2.23. The second-order valence-corrected chi connectivity index (χ2v) is 14.3. The third-order valence-electron chi connectivity index (χ3n) is 10.3. The van der Waals surface area contributed by atoms with Crippen LogP contribution in [-0.4, -0.2) is 135 Å². The van der Waals surface area contributed by atoms with Crippen molar-refractivity contribution in [2.75, 3.05) is 97.4 Å². The molecule has 2 aliphatic rings. The summed E-state index contributed by atoms with van der Waals surface area (Å²) in [6.07, 6.45) is 2.20. The second-order valence-electron chi connectivity index (χ2n) is 14.3. The van der Waals surface area contributed by atoms with Crippen molar-refractivity contribution in [3.05, 3.63) is 82.8 Å². The van der Waals surface area contributed by atoms with Crippen LogP contribution in [0, 0.1) is 6.92 Å². The number of allylic oxidation sites excluding steroid dienone is 1. The number of methoxy groups -OCH3 is 1. The van der Waals surface area contributed by atoms with Crippen molar-refractivity contribution in [1.29, 1.82) is 0 Å². The highest BCUT2D eigenvalue weighted by atomic mass is 35.5. The summed E-state index contributed by atoms with van der Waals surface area (Å²) in [6, 6.07) is 16.2. The van der Waals surface area contributed by atoms with Gasteiger partial charge in [0.2, 0.25) is 0 Å². The Morgan fingerprint density at radius 1 is 0.895 bits per heavy atom. The predicted molar refractivity (Wildman–Crippen MR) is 233 cm³/mol. The monoisotopic (exact) mass is 844 g/mol. The van der Waals surface area contributed by atoms with Gasteiger partial charge < -0.3 is 39.4 Å². The van der Waals surface area contributed by atoms with E-state index in [0.29, 0.717) is 53.3 Å². The number of amides is 2. The molecule has 2 N–H and O–H groups in total. The van der Waals surface area contributed by atoms with Gasteiger partial charge in [0.1, 0.15) is 28.8 Å². The number of H-pyrrole nitrogens is 1. The third-order valence-corrected chi connectivity index (χ3v) is 10.3. The van der Waals surface area contributed by atoms with Crippen LogP contribution in [0.5, 0.6) is 11.5 Å². The third kappa shape index (κ3) is 11.9. The second kappa shape index (κ2) is 22.0. The summed E-state index contributed by atoms with van der Waals surface area (Å²) in [7, 11) is 7.40. The summed E-state index contributed by atoms with van der Waals surface area (Å²) in [6.45, 7) is 10.7. The summed E-state index contributed by atoms with van der Waals surface area (Å²) in [5, 5.41) is 3.01. The highest BCUT2D eigenvalue weighted by molar-refractivity contribution is 6.11. The number of aromatic amines is 1. The molecule has 2 aliphatic heterocycles. The van der Waals surface area contributed by atoms with Crippen LogP contribution in [0.2, 0.25) is 0 Å². The Balaban J connectivity index is 0.00000290. The summed E-state index contributed by atoms with van der Waals surface area (Å²) in [5.41, 5.74) is 5.12. The molecule has 0 aliphatic carbocycles. The van der Waals surface area contributed by atoms with E-state index in [9.17, 15) is 14.4 Å². The average Bonchev–Trinajstić information content (AvgIpc) is 3.60. The maximum Gasteiger partial charge on any atom is 0.259 e. The van der Waals surface area contributed by atoms with Gasteiger partial charge in [0.15, 0.2) is 0 Å². The number of para-hydroxylation sites is 1. The number of aromatic nitrogens is 2. The van der Waals surface area contributed by atoms with Gasteiger partial charge in [-0.15, -0.1) is 37.2 Å². The topological polar surface area (TPSA) is 127 Å². The van der Waals surface area contributed by atoms with Gasteiger partial charge in [0.05, 0.1) is 48.4 Å². The fraction of sp³-hybridized carbons (Fsp3) is 0.439. The smallest absolute Gasteiger partial charge is 0.259 e. The van der Waals surface area contributed by atoms with Gasteiger partial charge in [-0.05, 0) is 88.3 Å². The summed E-state index contributed by atoms with van der Waals surface area (Å²) < 4.78 is 11.8. The van der Waals surface area contributed by atoms with E-state index in [2.05, 4.69) is 49.9 Å². The van der Waals surface area contributed by atoms with Gasteiger partial charge >= 0.3 is 0 Å². The Morgan fingerprint density at radius 3 is 2.28 bits per heavy atom. The molecule has 2 amide bonds. The lowest BCUT2D eigenvalue weighted by Gasteiger charge is -2.34. The number of imidazole rings is 1. The number of carbonyl (C=O) groups is 2. The Kier molecular flexibility index (Phi) is 18.2. The van der Waals surface area contributed by atoms with Crippen molar-refractivity contribution < 1.29 is 23.9 Å². The number of hydrogen-bond donors (Lipinski definition) is 2. The van der Waals surface area contributed by atoms with Crippen LogP contribution in [0.4, 0.5) is 11.4 Å². The number of anilines is 2. The largest absolute Gasteiger partial charge is 0.496 e. The number of aryl methyl sites for hydroxylation is 1. The molecule has 0 atom stereocenters. The molecule has 1 aromatic heterocycles. The van der Waals surface area contributed by atoms with E-state index < -0.39 is 0 Å². The van der Waals surface area contributed by atoms with Gasteiger partial charge in [-0.1, -0.05) is 12.1 Å². The number of benzene rings is 3. The fourth-order valence-electron chi connectivity index (χ4n) is 6.92. The minimum Gasteiger partial charge on any atom is -0.496 e. The number of rotatable bonds is 14. The van der Waals surface area contributed by atoms with E-state index in [1.54, 1.807) is 30.1 Å².